The Morgan fingerprint density at radius 2 is 1.74 bits per heavy atom. The van der Waals surface area contributed by atoms with Gasteiger partial charge in [0.05, 0.1) is 31.8 Å². The minimum Gasteiger partial charge on any atom is -0.378 e. The largest absolute Gasteiger partial charge is 0.378 e. The monoisotopic (exact) mass is 577 g/mol. The van der Waals surface area contributed by atoms with E-state index in [0.29, 0.717) is 56.0 Å². The molecule has 7 rings (SSSR count). The highest BCUT2D eigenvalue weighted by Crippen LogP contribution is 2.34. The molecular formula is C33H35N7O3. The number of aromatic nitrogens is 4. The molecule has 0 saturated carbocycles. The van der Waals surface area contributed by atoms with E-state index < -0.39 is 0 Å². The summed E-state index contributed by atoms with van der Waals surface area (Å²) < 4.78 is 9.14. The van der Waals surface area contributed by atoms with Crippen molar-refractivity contribution in [2.75, 3.05) is 44.3 Å². The molecular weight excluding hydrogens is 542 g/mol. The number of nitrogens with zero attached hydrogens (tertiary/aromatic N) is 6. The van der Waals surface area contributed by atoms with E-state index >= 15 is 0 Å². The third-order valence-electron chi connectivity index (χ3n) is 8.53. The maximum absolute atomic E-state index is 14.5. The number of anilines is 1. The van der Waals surface area contributed by atoms with E-state index in [2.05, 4.69) is 9.88 Å². The third kappa shape index (κ3) is 5.17. The van der Waals surface area contributed by atoms with Crippen molar-refractivity contribution in [1.82, 2.24) is 24.0 Å². The predicted molar refractivity (Wildman–Crippen MR) is 167 cm³/mol. The van der Waals surface area contributed by atoms with Gasteiger partial charge < -0.3 is 24.8 Å². The molecule has 2 aliphatic rings. The molecule has 1 amide bonds. The quantitative estimate of drug-likeness (QED) is 0.330. The SMILES string of the molecule is NC1CCCN(c2c(C(=O)N3CCOCC3)c3ncn(Cc4nccc5ccccc45)c(=O)c3n2Cc2ccccc2)C1. The van der Waals surface area contributed by atoms with Crippen LogP contribution in [-0.2, 0) is 17.8 Å². The van der Waals surface area contributed by atoms with Crippen LogP contribution < -0.4 is 16.2 Å². The molecule has 0 aliphatic carbocycles. The smallest absolute Gasteiger partial charge is 0.278 e. The number of piperidine rings is 1. The van der Waals surface area contributed by atoms with Crippen LogP contribution in [0.25, 0.3) is 21.8 Å². The number of amides is 1. The average molecular weight is 578 g/mol. The van der Waals surface area contributed by atoms with Crippen molar-refractivity contribution in [2.24, 2.45) is 5.73 Å². The molecule has 2 aromatic carbocycles. The van der Waals surface area contributed by atoms with Crippen LogP contribution in [0.2, 0.25) is 0 Å². The van der Waals surface area contributed by atoms with Gasteiger partial charge in [-0.2, -0.15) is 0 Å². The Labute approximate surface area is 249 Å². The molecule has 5 aromatic rings. The number of benzene rings is 2. The Balaban J connectivity index is 1.44. The van der Waals surface area contributed by atoms with Gasteiger partial charge in [0.25, 0.3) is 11.5 Å². The van der Waals surface area contributed by atoms with Gasteiger partial charge in [-0.3, -0.25) is 19.1 Å². The topological polar surface area (TPSA) is 112 Å². The maximum atomic E-state index is 14.5. The molecule has 2 N–H and O–H groups in total. The summed E-state index contributed by atoms with van der Waals surface area (Å²) in [6.45, 7) is 3.98. The molecule has 10 heteroatoms. The molecule has 1 unspecified atom stereocenters. The number of ether oxygens (including phenoxy) is 1. The zero-order chi connectivity index (χ0) is 29.3. The van der Waals surface area contributed by atoms with Crippen LogP contribution >= 0.6 is 0 Å². The van der Waals surface area contributed by atoms with Crippen molar-refractivity contribution < 1.29 is 9.53 Å². The number of hydrogen-bond donors (Lipinski definition) is 1. The molecule has 43 heavy (non-hydrogen) atoms. The predicted octanol–water partition coefficient (Wildman–Crippen LogP) is 3.24. The summed E-state index contributed by atoms with van der Waals surface area (Å²) in [6.07, 6.45) is 5.15. The van der Waals surface area contributed by atoms with Crippen molar-refractivity contribution in [2.45, 2.75) is 32.0 Å². The first-order valence-electron chi connectivity index (χ1n) is 14.9. The molecule has 5 heterocycles. The van der Waals surface area contributed by atoms with Crippen LogP contribution in [0.1, 0.15) is 34.5 Å². The minimum atomic E-state index is -0.209. The zero-order valence-electron chi connectivity index (χ0n) is 24.1. The highest BCUT2D eigenvalue weighted by Gasteiger charge is 2.34. The van der Waals surface area contributed by atoms with Crippen LogP contribution in [-0.4, -0.2) is 75.3 Å². The summed E-state index contributed by atoms with van der Waals surface area (Å²) in [5.41, 5.74) is 9.37. The first-order chi connectivity index (χ1) is 21.1. The fourth-order valence-electron chi connectivity index (χ4n) is 6.41. The summed E-state index contributed by atoms with van der Waals surface area (Å²) in [5.74, 6) is 0.589. The third-order valence-corrected chi connectivity index (χ3v) is 8.53. The molecule has 0 spiro atoms. The Morgan fingerprint density at radius 3 is 2.56 bits per heavy atom. The van der Waals surface area contributed by atoms with Gasteiger partial charge in [-0.1, -0.05) is 54.6 Å². The molecule has 0 radical (unpaired) electrons. The lowest BCUT2D eigenvalue weighted by molar-refractivity contribution is 0.0304. The van der Waals surface area contributed by atoms with E-state index in [1.165, 1.54) is 0 Å². The van der Waals surface area contributed by atoms with Gasteiger partial charge in [0, 0.05) is 50.3 Å². The van der Waals surface area contributed by atoms with Crippen molar-refractivity contribution in [3.05, 3.63) is 100 Å². The number of fused-ring (bicyclic) bond motifs is 2. The van der Waals surface area contributed by atoms with Crippen molar-refractivity contribution in [1.29, 1.82) is 0 Å². The number of pyridine rings is 1. The van der Waals surface area contributed by atoms with E-state index in [4.69, 9.17) is 15.5 Å². The standard InChI is InChI=1S/C33H35N7O3/c34-25-10-6-14-38(20-25)31-28(32(41)37-15-17-43-18-16-37)29-30(40(31)19-23-7-2-1-3-8-23)33(42)39(22-36-29)21-27-26-11-5-4-9-24(26)12-13-35-27/h1-5,7-9,11-13,22,25H,6,10,14-21,34H2. The first-order valence-corrected chi connectivity index (χ1v) is 14.9. The Bertz CT molecular complexity index is 1840. The Kier molecular flexibility index (Phi) is 7.38. The van der Waals surface area contributed by atoms with E-state index in [1.54, 1.807) is 17.1 Å². The maximum Gasteiger partial charge on any atom is 0.278 e. The van der Waals surface area contributed by atoms with Crippen LogP contribution in [0, 0.1) is 0 Å². The van der Waals surface area contributed by atoms with E-state index in [-0.39, 0.29) is 24.1 Å². The lowest BCUT2D eigenvalue weighted by atomic mass is 10.1. The summed E-state index contributed by atoms with van der Waals surface area (Å²) >= 11 is 0. The second-order valence-electron chi connectivity index (χ2n) is 11.4. The fourth-order valence-corrected chi connectivity index (χ4v) is 6.41. The van der Waals surface area contributed by atoms with E-state index in [0.717, 1.165) is 47.2 Å². The molecule has 3 aromatic heterocycles. The molecule has 1 atom stereocenters. The van der Waals surface area contributed by atoms with Gasteiger partial charge in [-0.25, -0.2) is 4.98 Å². The van der Waals surface area contributed by atoms with Gasteiger partial charge in [0.1, 0.15) is 22.4 Å². The molecule has 220 valence electrons. The summed E-state index contributed by atoms with van der Waals surface area (Å²) in [6, 6.07) is 20.0. The van der Waals surface area contributed by atoms with Crippen LogP contribution in [0.3, 0.4) is 0 Å². The molecule has 0 bridgehead atoms. The fraction of sp³-hybridized carbons (Fsp3) is 0.333. The van der Waals surface area contributed by atoms with Crippen LogP contribution in [0.15, 0.2) is 78.0 Å². The van der Waals surface area contributed by atoms with Crippen molar-refractivity contribution >= 4 is 33.5 Å². The average Bonchev–Trinajstić information content (AvgIpc) is 3.37. The van der Waals surface area contributed by atoms with E-state index in [9.17, 15) is 9.59 Å². The molecule has 2 fully saturated rings. The first kappa shape index (κ1) is 27.3. The minimum absolute atomic E-state index is 0.0228. The normalized spacial score (nSPS) is 17.6. The van der Waals surface area contributed by atoms with Crippen LogP contribution in [0.4, 0.5) is 5.82 Å². The number of rotatable bonds is 6. The summed E-state index contributed by atoms with van der Waals surface area (Å²) in [4.78, 5) is 42.2. The summed E-state index contributed by atoms with van der Waals surface area (Å²) in [5, 5.41) is 2.05. The highest BCUT2D eigenvalue weighted by molar-refractivity contribution is 6.10. The van der Waals surface area contributed by atoms with Gasteiger partial charge in [0.15, 0.2) is 0 Å². The van der Waals surface area contributed by atoms with Crippen molar-refractivity contribution in [3.8, 4) is 0 Å². The van der Waals surface area contributed by atoms with Gasteiger partial charge >= 0.3 is 0 Å². The number of carbonyl (C=O) groups is 1. The summed E-state index contributed by atoms with van der Waals surface area (Å²) in [7, 11) is 0. The number of nitrogens with two attached hydrogens (primary N) is 1. The Morgan fingerprint density at radius 1 is 0.953 bits per heavy atom. The van der Waals surface area contributed by atoms with Gasteiger partial charge in [0.2, 0.25) is 0 Å². The second kappa shape index (κ2) is 11.6. The number of hydrogen-bond acceptors (Lipinski definition) is 7. The lowest BCUT2D eigenvalue weighted by Crippen LogP contribution is -2.45. The molecule has 10 nitrogen and oxygen atoms in total. The van der Waals surface area contributed by atoms with Crippen LogP contribution in [0.5, 0.6) is 0 Å². The van der Waals surface area contributed by atoms with E-state index in [1.807, 2.05) is 70.1 Å². The highest BCUT2D eigenvalue weighted by atomic mass is 16.5. The van der Waals surface area contributed by atoms with Gasteiger partial charge in [-0.15, -0.1) is 0 Å². The zero-order valence-corrected chi connectivity index (χ0v) is 24.1. The van der Waals surface area contributed by atoms with Crippen molar-refractivity contribution in [3.63, 3.8) is 0 Å². The van der Waals surface area contributed by atoms with Gasteiger partial charge in [-0.05, 0) is 29.9 Å². The molecule has 2 aliphatic heterocycles. The number of carbonyl (C=O) groups excluding carboxylic acids is 1. The number of morpholine rings is 1. The Hall–Kier alpha value is -4.54. The second-order valence-corrected chi connectivity index (χ2v) is 11.4. The molecule has 2 saturated heterocycles. The lowest BCUT2D eigenvalue weighted by Gasteiger charge is -2.35.